The van der Waals surface area contributed by atoms with E-state index in [0.717, 1.165) is 9.87 Å². The van der Waals surface area contributed by atoms with Gasteiger partial charge in [0, 0.05) is 0 Å². The molecule has 6 heteroatoms. The third-order valence-corrected chi connectivity index (χ3v) is 4.79. The molecule has 20 heavy (non-hydrogen) atoms. The Morgan fingerprint density at radius 1 is 1.20 bits per heavy atom. The van der Waals surface area contributed by atoms with Crippen LogP contribution in [-0.2, 0) is 14.8 Å². The second-order valence-electron chi connectivity index (χ2n) is 6.05. The van der Waals surface area contributed by atoms with Crippen LogP contribution in [0.1, 0.15) is 26.3 Å². The summed E-state index contributed by atoms with van der Waals surface area (Å²) >= 11 is 0. The van der Waals surface area contributed by atoms with Crippen LogP contribution in [0.3, 0.4) is 0 Å². The van der Waals surface area contributed by atoms with Crippen molar-refractivity contribution < 1.29 is 18.3 Å². The molecule has 0 radical (unpaired) electrons. The summed E-state index contributed by atoms with van der Waals surface area (Å²) in [4.78, 5) is 11.0. The number of aryl methyl sites for hydroxylation is 1. The fraction of sp³-hybridized carbons (Fsp3) is 0.500. The van der Waals surface area contributed by atoms with Crippen molar-refractivity contribution in [1.29, 1.82) is 0 Å². The molecule has 0 bridgehead atoms. The summed E-state index contributed by atoms with van der Waals surface area (Å²) in [5.41, 5.74) is 0.916. The number of hydrogen-bond donors (Lipinski definition) is 1. The quantitative estimate of drug-likeness (QED) is 0.905. The first-order valence-electron chi connectivity index (χ1n) is 6.30. The monoisotopic (exact) mass is 299 g/mol. The summed E-state index contributed by atoms with van der Waals surface area (Å²) in [5.74, 6) is -1.29. The zero-order valence-corrected chi connectivity index (χ0v) is 13.1. The van der Waals surface area contributed by atoms with Gasteiger partial charge < -0.3 is 5.11 Å². The number of sulfonamides is 1. The normalized spacial score (nSPS) is 12.2. The SMILES string of the molecule is Cc1ccc(N(CC(=O)O)S(=O)(=O)CC(C)(C)C)cc1. The molecular formula is C14H21NO4S. The summed E-state index contributed by atoms with van der Waals surface area (Å²) in [5, 5.41) is 8.96. The van der Waals surface area contributed by atoms with E-state index in [1.807, 2.05) is 6.92 Å². The van der Waals surface area contributed by atoms with Crippen LogP contribution in [0.4, 0.5) is 5.69 Å². The lowest BCUT2D eigenvalue weighted by molar-refractivity contribution is -0.135. The molecule has 1 rings (SSSR count). The van der Waals surface area contributed by atoms with E-state index in [1.54, 1.807) is 45.0 Å². The lowest BCUT2D eigenvalue weighted by Gasteiger charge is -2.27. The predicted octanol–water partition coefficient (Wildman–Crippen LogP) is 2.26. The van der Waals surface area contributed by atoms with Crippen molar-refractivity contribution in [2.75, 3.05) is 16.6 Å². The van der Waals surface area contributed by atoms with Crippen LogP contribution in [-0.4, -0.2) is 31.8 Å². The molecule has 0 saturated heterocycles. The topological polar surface area (TPSA) is 74.7 Å². The first-order chi connectivity index (χ1) is 9.01. The first-order valence-corrected chi connectivity index (χ1v) is 7.91. The number of anilines is 1. The molecule has 112 valence electrons. The molecule has 5 nitrogen and oxygen atoms in total. The lowest BCUT2D eigenvalue weighted by Crippen LogP contribution is -2.40. The minimum atomic E-state index is -3.69. The number of rotatable bonds is 5. The largest absolute Gasteiger partial charge is 0.480 e. The van der Waals surface area contributed by atoms with Crippen LogP contribution in [0, 0.1) is 12.3 Å². The van der Waals surface area contributed by atoms with Crippen molar-refractivity contribution in [2.24, 2.45) is 5.41 Å². The Labute approximate surface area is 120 Å². The maximum absolute atomic E-state index is 12.4. The van der Waals surface area contributed by atoms with E-state index in [2.05, 4.69) is 0 Å². The van der Waals surface area contributed by atoms with Crippen LogP contribution in [0.25, 0.3) is 0 Å². The minimum Gasteiger partial charge on any atom is -0.480 e. The van der Waals surface area contributed by atoms with Crippen LogP contribution in [0.2, 0.25) is 0 Å². The third-order valence-electron chi connectivity index (χ3n) is 2.55. The molecule has 0 saturated carbocycles. The van der Waals surface area contributed by atoms with Gasteiger partial charge in [0.15, 0.2) is 0 Å². The molecule has 0 atom stereocenters. The van der Waals surface area contributed by atoms with E-state index in [9.17, 15) is 13.2 Å². The van der Waals surface area contributed by atoms with Crippen molar-refractivity contribution in [3.05, 3.63) is 29.8 Å². The maximum atomic E-state index is 12.4. The first kappa shape index (κ1) is 16.5. The molecule has 1 aromatic carbocycles. The Bertz CT molecular complexity index is 570. The van der Waals surface area contributed by atoms with E-state index >= 15 is 0 Å². The zero-order chi connectivity index (χ0) is 15.6. The zero-order valence-electron chi connectivity index (χ0n) is 12.3. The Balaban J connectivity index is 3.19. The Morgan fingerprint density at radius 2 is 1.70 bits per heavy atom. The summed E-state index contributed by atoms with van der Waals surface area (Å²) in [7, 11) is -3.69. The smallest absolute Gasteiger partial charge is 0.324 e. The van der Waals surface area contributed by atoms with Crippen LogP contribution >= 0.6 is 0 Å². The molecule has 0 aliphatic carbocycles. The highest BCUT2D eigenvalue weighted by Crippen LogP contribution is 2.24. The molecule has 0 fully saturated rings. The number of carbonyl (C=O) groups is 1. The van der Waals surface area contributed by atoms with Gasteiger partial charge in [0.05, 0.1) is 11.4 Å². The number of carboxylic acids is 1. The maximum Gasteiger partial charge on any atom is 0.324 e. The van der Waals surface area contributed by atoms with Gasteiger partial charge >= 0.3 is 5.97 Å². The van der Waals surface area contributed by atoms with Crippen molar-refractivity contribution in [2.45, 2.75) is 27.7 Å². The highest BCUT2D eigenvalue weighted by molar-refractivity contribution is 7.92. The van der Waals surface area contributed by atoms with Gasteiger partial charge in [-0.2, -0.15) is 0 Å². The Morgan fingerprint density at radius 3 is 2.10 bits per heavy atom. The molecule has 0 amide bonds. The Kier molecular flexibility index (Phi) is 4.81. The van der Waals surface area contributed by atoms with Crippen molar-refractivity contribution in [3.63, 3.8) is 0 Å². The third kappa shape index (κ3) is 4.85. The van der Waals surface area contributed by atoms with E-state index in [4.69, 9.17) is 5.11 Å². The van der Waals surface area contributed by atoms with Gasteiger partial charge in [-0.25, -0.2) is 8.42 Å². The van der Waals surface area contributed by atoms with Crippen LogP contribution in [0.5, 0.6) is 0 Å². The number of benzene rings is 1. The summed E-state index contributed by atoms with van der Waals surface area (Å²) in [6.45, 7) is 6.73. The summed E-state index contributed by atoms with van der Waals surface area (Å²) in [6, 6.07) is 6.77. The molecule has 0 heterocycles. The van der Waals surface area contributed by atoms with E-state index < -0.39 is 28.0 Å². The standard InChI is InChI=1S/C14H21NO4S/c1-11-5-7-12(8-6-11)15(9-13(16)17)20(18,19)10-14(2,3)4/h5-8H,9-10H2,1-4H3,(H,16,17). The lowest BCUT2D eigenvalue weighted by atomic mass is 10.0. The van der Waals surface area contributed by atoms with Crippen LogP contribution < -0.4 is 4.31 Å². The van der Waals surface area contributed by atoms with Gasteiger partial charge in [-0.15, -0.1) is 0 Å². The second-order valence-corrected chi connectivity index (χ2v) is 7.95. The fourth-order valence-corrected chi connectivity index (χ4v) is 3.81. The molecule has 1 aromatic rings. The average Bonchev–Trinajstić information content (AvgIpc) is 2.23. The number of carboxylic acid groups (broad SMARTS) is 1. The average molecular weight is 299 g/mol. The van der Waals surface area contributed by atoms with Gasteiger partial charge in [0.2, 0.25) is 10.0 Å². The second kappa shape index (κ2) is 5.83. The number of aliphatic carboxylic acids is 1. The summed E-state index contributed by atoms with van der Waals surface area (Å²) in [6.07, 6.45) is 0. The fourth-order valence-electron chi connectivity index (χ4n) is 1.81. The van der Waals surface area contributed by atoms with Crippen molar-refractivity contribution in [3.8, 4) is 0 Å². The molecule has 0 spiro atoms. The predicted molar refractivity (Wildman–Crippen MR) is 79.4 cm³/mol. The molecule has 0 aliphatic rings. The Hall–Kier alpha value is -1.56. The van der Waals surface area contributed by atoms with E-state index in [0.29, 0.717) is 5.69 Å². The highest BCUT2D eigenvalue weighted by atomic mass is 32.2. The van der Waals surface area contributed by atoms with E-state index in [1.165, 1.54) is 0 Å². The van der Waals surface area contributed by atoms with Gasteiger partial charge in [0.1, 0.15) is 6.54 Å². The molecule has 0 aromatic heterocycles. The highest BCUT2D eigenvalue weighted by Gasteiger charge is 2.29. The van der Waals surface area contributed by atoms with E-state index in [-0.39, 0.29) is 5.75 Å². The number of hydrogen-bond acceptors (Lipinski definition) is 3. The minimum absolute atomic E-state index is 0.110. The van der Waals surface area contributed by atoms with Crippen LogP contribution in [0.15, 0.2) is 24.3 Å². The molecule has 1 N–H and O–H groups in total. The number of nitrogens with zero attached hydrogens (tertiary/aromatic N) is 1. The van der Waals surface area contributed by atoms with Crippen molar-refractivity contribution >= 4 is 21.7 Å². The van der Waals surface area contributed by atoms with Crippen molar-refractivity contribution in [1.82, 2.24) is 0 Å². The molecule has 0 unspecified atom stereocenters. The van der Waals surface area contributed by atoms with Gasteiger partial charge in [0.25, 0.3) is 0 Å². The van der Waals surface area contributed by atoms with Gasteiger partial charge in [-0.05, 0) is 24.5 Å². The summed E-state index contributed by atoms with van der Waals surface area (Å²) < 4.78 is 25.8. The molecular weight excluding hydrogens is 278 g/mol. The van der Waals surface area contributed by atoms with Gasteiger partial charge in [-0.1, -0.05) is 38.5 Å². The molecule has 0 aliphatic heterocycles. The van der Waals surface area contributed by atoms with Gasteiger partial charge in [-0.3, -0.25) is 9.10 Å².